The summed E-state index contributed by atoms with van der Waals surface area (Å²) in [6, 6.07) is 6.64. The van der Waals surface area contributed by atoms with E-state index >= 15 is 0 Å². The standard InChI is InChI=1S/C14H17ClN2OS/c1-2-18-12-5-3-4-11-14(12)16-13(8-15)17(11)10-6-7-19-9-10/h3-5,10H,2,6-9H2,1H3. The Hall–Kier alpha value is -0.870. The molecule has 0 bridgehead atoms. The molecule has 1 atom stereocenters. The van der Waals surface area contributed by atoms with Crippen LogP contribution in [0.15, 0.2) is 18.2 Å². The lowest BCUT2D eigenvalue weighted by molar-refractivity contribution is 0.343. The molecule has 5 heteroatoms. The van der Waals surface area contributed by atoms with E-state index in [-0.39, 0.29) is 0 Å². The molecule has 102 valence electrons. The third-order valence-electron chi connectivity index (χ3n) is 3.45. The highest BCUT2D eigenvalue weighted by Gasteiger charge is 2.23. The molecular formula is C14H17ClN2OS. The van der Waals surface area contributed by atoms with Gasteiger partial charge in [-0.25, -0.2) is 4.98 Å². The number of thioether (sulfide) groups is 1. The van der Waals surface area contributed by atoms with E-state index in [9.17, 15) is 0 Å². The number of fused-ring (bicyclic) bond motifs is 1. The smallest absolute Gasteiger partial charge is 0.147 e. The van der Waals surface area contributed by atoms with Gasteiger partial charge in [0.15, 0.2) is 0 Å². The molecule has 0 radical (unpaired) electrons. The lowest BCUT2D eigenvalue weighted by Crippen LogP contribution is -2.10. The van der Waals surface area contributed by atoms with E-state index in [2.05, 4.69) is 10.6 Å². The number of benzene rings is 1. The summed E-state index contributed by atoms with van der Waals surface area (Å²) in [5.41, 5.74) is 2.09. The zero-order chi connectivity index (χ0) is 13.2. The van der Waals surface area contributed by atoms with E-state index in [4.69, 9.17) is 21.3 Å². The van der Waals surface area contributed by atoms with Crippen molar-refractivity contribution in [2.75, 3.05) is 18.1 Å². The summed E-state index contributed by atoms with van der Waals surface area (Å²) in [7, 11) is 0. The molecule has 0 amide bonds. The number of hydrogen-bond acceptors (Lipinski definition) is 3. The molecule has 3 nitrogen and oxygen atoms in total. The second-order valence-electron chi connectivity index (χ2n) is 4.61. The number of para-hydroxylation sites is 1. The first kappa shape index (κ1) is 13.1. The molecule has 0 N–H and O–H groups in total. The highest BCUT2D eigenvalue weighted by Crippen LogP contribution is 2.35. The number of alkyl halides is 1. The van der Waals surface area contributed by atoms with Gasteiger partial charge in [0, 0.05) is 11.8 Å². The van der Waals surface area contributed by atoms with Gasteiger partial charge in [0.25, 0.3) is 0 Å². The Bertz CT molecular complexity index is 578. The van der Waals surface area contributed by atoms with Crippen LogP contribution in [-0.2, 0) is 5.88 Å². The molecule has 1 aliphatic rings. The van der Waals surface area contributed by atoms with Gasteiger partial charge in [-0.05, 0) is 31.2 Å². The average molecular weight is 297 g/mol. The molecule has 1 fully saturated rings. The van der Waals surface area contributed by atoms with Crippen LogP contribution in [-0.4, -0.2) is 27.7 Å². The predicted molar refractivity (Wildman–Crippen MR) is 81.4 cm³/mol. The third kappa shape index (κ3) is 2.32. The largest absolute Gasteiger partial charge is 0.492 e. The molecule has 2 aromatic rings. The van der Waals surface area contributed by atoms with Crippen molar-refractivity contribution in [3.05, 3.63) is 24.0 Å². The van der Waals surface area contributed by atoms with Crippen LogP contribution in [0.5, 0.6) is 5.75 Å². The first-order valence-electron chi connectivity index (χ1n) is 6.61. The van der Waals surface area contributed by atoms with Crippen LogP contribution in [0.4, 0.5) is 0 Å². The third-order valence-corrected chi connectivity index (χ3v) is 4.83. The van der Waals surface area contributed by atoms with Crippen molar-refractivity contribution in [3.63, 3.8) is 0 Å². The van der Waals surface area contributed by atoms with Gasteiger partial charge in [-0.3, -0.25) is 0 Å². The van der Waals surface area contributed by atoms with Crippen molar-refractivity contribution in [2.24, 2.45) is 0 Å². The summed E-state index contributed by atoms with van der Waals surface area (Å²) in [6.07, 6.45) is 1.19. The van der Waals surface area contributed by atoms with E-state index < -0.39 is 0 Å². The minimum atomic E-state index is 0.446. The lowest BCUT2D eigenvalue weighted by Gasteiger charge is -2.14. The van der Waals surface area contributed by atoms with E-state index in [0.717, 1.165) is 28.4 Å². The number of rotatable bonds is 4. The Balaban J connectivity index is 2.16. The summed E-state index contributed by atoms with van der Waals surface area (Å²) in [5, 5.41) is 0. The summed E-state index contributed by atoms with van der Waals surface area (Å²) < 4.78 is 7.98. The molecule has 3 rings (SSSR count). The van der Waals surface area contributed by atoms with E-state index in [1.54, 1.807) is 0 Å². The van der Waals surface area contributed by atoms with Gasteiger partial charge < -0.3 is 9.30 Å². The Morgan fingerprint density at radius 2 is 2.42 bits per heavy atom. The quantitative estimate of drug-likeness (QED) is 0.802. The highest BCUT2D eigenvalue weighted by atomic mass is 35.5. The number of imidazole rings is 1. The summed E-state index contributed by atoms with van der Waals surface area (Å²) in [4.78, 5) is 4.69. The van der Waals surface area contributed by atoms with Crippen molar-refractivity contribution < 1.29 is 4.74 Å². The number of aromatic nitrogens is 2. The maximum Gasteiger partial charge on any atom is 0.147 e. The fourth-order valence-electron chi connectivity index (χ4n) is 2.64. The fraction of sp³-hybridized carbons (Fsp3) is 0.500. The minimum Gasteiger partial charge on any atom is -0.492 e. The summed E-state index contributed by atoms with van der Waals surface area (Å²) >= 11 is 8.08. The number of nitrogens with zero attached hydrogens (tertiary/aromatic N) is 2. The number of halogens is 1. The number of hydrogen-bond donors (Lipinski definition) is 0. The van der Waals surface area contributed by atoms with E-state index in [1.165, 1.54) is 12.2 Å². The molecule has 0 aliphatic carbocycles. The van der Waals surface area contributed by atoms with Gasteiger partial charge in [0.1, 0.15) is 17.1 Å². The van der Waals surface area contributed by atoms with Gasteiger partial charge in [-0.2, -0.15) is 11.8 Å². The molecule has 1 unspecified atom stereocenters. The van der Waals surface area contributed by atoms with Crippen LogP contribution in [0.1, 0.15) is 25.2 Å². The fourth-order valence-corrected chi connectivity index (χ4v) is 4.02. The molecule has 19 heavy (non-hydrogen) atoms. The van der Waals surface area contributed by atoms with Crippen molar-refractivity contribution in [1.82, 2.24) is 9.55 Å². The topological polar surface area (TPSA) is 27.1 Å². The second-order valence-corrected chi connectivity index (χ2v) is 6.02. The van der Waals surface area contributed by atoms with Gasteiger partial charge in [0.05, 0.1) is 18.0 Å². The van der Waals surface area contributed by atoms with Crippen molar-refractivity contribution in [2.45, 2.75) is 25.3 Å². The van der Waals surface area contributed by atoms with Crippen molar-refractivity contribution in [1.29, 1.82) is 0 Å². The van der Waals surface area contributed by atoms with E-state index in [1.807, 2.05) is 30.8 Å². The monoisotopic (exact) mass is 296 g/mol. The van der Waals surface area contributed by atoms with Crippen LogP contribution >= 0.6 is 23.4 Å². The molecule has 1 aliphatic heterocycles. The number of ether oxygens (including phenoxy) is 1. The highest BCUT2D eigenvalue weighted by molar-refractivity contribution is 7.99. The van der Waals surface area contributed by atoms with Crippen molar-refractivity contribution >= 4 is 34.4 Å². The summed E-state index contributed by atoms with van der Waals surface area (Å²) in [5.74, 6) is 4.62. The molecule has 1 saturated heterocycles. The molecule has 0 saturated carbocycles. The predicted octanol–water partition coefficient (Wildman–Crippen LogP) is 3.85. The minimum absolute atomic E-state index is 0.446. The molecule has 1 aromatic carbocycles. The normalized spacial score (nSPS) is 19.2. The molecule has 2 heterocycles. The van der Waals surface area contributed by atoms with Crippen molar-refractivity contribution in [3.8, 4) is 5.75 Å². The van der Waals surface area contributed by atoms with Crippen LogP contribution in [0.2, 0.25) is 0 Å². The molecule has 0 spiro atoms. The first-order valence-corrected chi connectivity index (χ1v) is 8.30. The van der Waals surface area contributed by atoms with Crippen LogP contribution in [0.3, 0.4) is 0 Å². The van der Waals surface area contributed by atoms with Crippen LogP contribution in [0.25, 0.3) is 11.0 Å². The summed E-state index contributed by atoms with van der Waals surface area (Å²) in [6.45, 7) is 2.65. The van der Waals surface area contributed by atoms with Crippen LogP contribution < -0.4 is 4.74 Å². The zero-order valence-electron chi connectivity index (χ0n) is 10.9. The SMILES string of the molecule is CCOc1cccc2c1nc(CCl)n2C1CCSC1. The Kier molecular flexibility index (Phi) is 3.89. The zero-order valence-corrected chi connectivity index (χ0v) is 12.5. The van der Waals surface area contributed by atoms with Gasteiger partial charge in [0.2, 0.25) is 0 Å². The Morgan fingerprint density at radius 3 is 3.11 bits per heavy atom. The molecule has 1 aromatic heterocycles. The first-order chi connectivity index (χ1) is 9.35. The second kappa shape index (κ2) is 5.63. The van der Waals surface area contributed by atoms with Gasteiger partial charge in [-0.1, -0.05) is 6.07 Å². The maximum atomic E-state index is 6.08. The van der Waals surface area contributed by atoms with Gasteiger partial charge in [-0.15, -0.1) is 11.6 Å². The average Bonchev–Trinajstić information content (AvgIpc) is 3.05. The lowest BCUT2D eigenvalue weighted by atomic mass is 10.2. The Labute approximate surface area is 122 Å². The van der Waals surface area contributed by atoms with Gasteiger partial charge >= 0.3 is 0 Å². The van der Waals surface area contributed by atoms with Crippen LogP contribution in [0, 0.1) is 0 Å². The van der Waals surface area contributed by atoms with E-state index in [0.29, 0.717) is 18.5 Å². The molecular weight excluding hydrogens is 280 g/mol. The maximum absolute atomic E-state index is 6.08. The Morgan fingerprint density at radius 1 is 1.53 bits per heavy atom.